The van der Waals surface area contributed by atoms with E-state index in [2.05, 4.69) is 59.9 Å². The van der Waals surface area contributed by atoms with Gasteiger partial charge in [-0.05, 0) is 36.1 Å². The Kier molecular flexibility index (Phi) is 5.79. The molecule has 0 unspecified atom stereocenters. The molecule has 1 fully saturated rings. The van der Waals surface area contributed by atoms with Crippen LogP contribution in [0.4, 0.5) is 5.82 Å². The topological polar surface area (TPSA) is 49.3 Å². The molecular formula is C25H28N4O. The highest BCUT2D eigenvalue weighted by atomic mass is 16.2. The fourth-order valence-electron chi connectivity index (χ4n) is 3.86. The second kappa shape index (κ2) is 8.66. The number of rotatable bonds is 4. The number of nitrogens with zero attached hydrogens (tertiary/aromatic N) is 4. The number of benzene rings is 2. The number of carbonyl (C=O) groups is 1. The number of aromatic nitrogens is 2. The summed E-state index contributed by atoms with van der Waals surface area (Å²) in [7, 11) is 0. The van der Waals surface area contributed by atoms with Crippen molar-refractivity contribution in [2.24, 2.45) is 0 Å². The number of hydrogen-bond donors (Lipinski definition) is 0. The summed E-state index contributed by atoms with van der Waals surface area (Å²) >= 11 is 0. The summed E-state index contributed by atoms with van der Waals surface area (Å²) in [6.45, 7) is 9.32. The van der Waals surface area contributed by atoms with Crippen LogP contribution in [-0.2, 0) is 0 Å². The van der Waals surface area contributed by atoms with Gasteiger partial charge in [-0.3, -0.25) is 4.79 Å². The van der Waals surface area contributed by atoms with E-state index in [0.29, 0.717) is 19.0 Å². The highest BCUT2D eigenvalue weighted by Crippen LogP contribution is 2.24. The number of amides is 1. The van der Waals surface area contributed by atoms with Gasteiger partial charge in [0.25, 0.3) is 5.91 Å². The lowest BCUT2D eigenvalue weighted by Crippen LogP contribution is -2.49. The Hall–Kier alpha value is -3.21. The molecule has 30 heavy (non-hydrogen) atoms. The van der Waals surface area contributed by atoms with E-state index < -0.39 is 0 Å². The lowest BCUT2D eigenvalue weighted by molar-refractivity contribution is 0.0746. The maximum atomic E-state index is 12.9. The third-order valence-corrected chi connectivity index (χ3v) is 5.79. The molecule has 0 atom stereocenters. The average Bonchev–Trinajstić information content (AvgIpc) is 2.79. The Morgan fingerprint density at radius 1 is 0.933 bits per heavy atom. The average molecular weight is 401 g/mol. The van der Waals surface area contributed by atoms with Crippen molar-refractivity contribution >= 4 is 11.7 Å². The summed E-state index contributed by atoms with van der Waals surface area (Å²) in [4.78, 5) is 26.0. The van der Waals surface area contributed by atoms with E-state index in [-0.39, 0.29) is 5.91 Å². The molecule has 0 aliphatic carbocycles. The van der Waals surface area contributed by atoms with E-state index >= 15 is 0 Å². The number of carbonyl (C=O) groups excluding carboxylic acids is 1. The molecule has 0 N–H and O–H groups in total. The van der Waals surface area contributed by atoms with Crippen LogP contribution in [0.1, 0.15) is 41.3 Å². The Morgan fingerprint density at radius 2 is 1.63 bits per heavy atom. The minimum absolute atomic E-state index is 0.105. The van der Waals surface area contributed by atoms with E-state index in [1.807, 2.05) is 35.2 Å². The van der Waals surface area contributed by atoms with Gasteiger partial charge in [-0.1, -0.05) is 50.2 Å². The molecule has 1 amide bonds. The van der Waals surface area contributed by atoms with Crippen molar-refractivity contribution in [2.45, 2.75) is 26.7 Å². The Morgan fingerprint density at radius 3 is 2.30 bits per heavy atom. The Labute approximate surface area is 178 Å². The molecule has 1 aliphatic rings. The maximum Gasteiger partial charge on any atom is 0.253 e. The van der Waals surface area contributed by atoms with Gasteiger partial charge < -0.3 is 9.80 Å². The predicted molar refractivity (Wildman–Crippen MR) is 121 cm³/mol. The largest absolute Gasteiger partial charge is 0.353 e. The summed E-state index contributed by atoms with van der Waals surface area (Å²) in [6, 6.07) is 18.3. The SMILES string of the molecule is Cc1ccccc1-c1cc(N2CCN(C(=O)c3ccc(C(C)C)cc3)CC2)ncn1. The smallest absolute Gasteiger partial charge is 0.253 e. The van der Waals surface area contributed by atoms with Crippen LogP contribution in [0.25, 0.3) is 11.3 Å². The fourth-order valence-corrected chi connectivity index (χ4v) is 3.86. The normalized spacial score (nSPS) is 14.3. The minimum Gasteiger partial charge on any atom is -0.353 e. The second-order valence-corrected chi connectivity index (χ2v) is 8.13. The van der Waals surface area contributed by atoms with Crippen LogP contribution in [0.5, 0.6) is 0 Å². The van der Waals surface area contributed by atoms with Gasteiger partial charge in [-0.2, -0.15) is 0 Å². The van der Waals surface area contributed by atoms with E-state index in [1.54, 1.807) is 6.33 Å². The Balaban J connectivity index is 1.43. The quantitative estimate of drug-likeness (QED) is 0.645. The van der Waals surface area contributed by atoms with Crippen LogP contribution in [0, 0.1) is 6.92 Å². The molecule has 1 aliphatic heterocycles. The first kappa shape index (κ1) is 20.1. The molecule has 1 aromatic heterocycles. The third kappa shape index (κ3) is 4.20. The van der Waals surface area contributed by atoms with Gasteiger partial charge in [0, 0.05) is 43.4 Å². The molecule has 0 spiro atoms. The summed E-state index contributed by atoms with van der Waals surface area (Å²) in [5, 5.41) is 0. The van der Waals surface area contributed by atoms with Crippen molar-refractivity contribution < 1.29 is 4.79 Å². The van der Waals surface area contributed by atoms with Gasteiger partial charge in [0.1, 0.15) is 12.1 Å². The molecule has 4 rings (SSSR count). The fraction of sp³-hybridized carbons (Fsp3) is 0.320. The molecule has 0 radical (unpaired) electrons. The van der Waals surface area contributed by atoms with Crippen molar-refractivity contribution in [3.05, 3.63) is 77.6 Å². The number of piperazine rings is 1. The molecule has 5 nitrogen and oxygen atoms in total. The van der Waals surface area contributed by atoms with Crippen LogP contribution >= 0.6 is 0 Å². The van der Waals surface area contributed by atoms with E-state index in [4.69, 9.17) is 0 Å². The van der Waals surface area contributed by atoms with Gasteiger partial charge in [-0.15, -0.1) is 0 Å². The summed E-state index contributed by atoms with van der Waals surface area (Å²) in [5.41, 5.74) is 5.27. The van der Waals surface area contributed by atoms with Gasteiger partial charge in [0.05, 0.1) is 5.69 Å². The molecular weight excluding hydrogens is 372 g/mol. The van der Waals surface area contributed by atoms with Crippen molar-refractivity contribution in [1.82, 2.24) is 14.9 Å². The molecule has 1 saturated heterocycles. The zero-order valence-corrected chi connectivity index (χ0v) is 17.9. The van der Waals surface area contributed by atoms with E-state index in [0.717, 1.165) is 35.7 Å². The molecule has 2 heterocycles. The molecule has 0 bridgehead atoms. The zero-order chi connectivity index (χ0) is 21.1. The van der Waals surface area contributed by atoms with Gasteiger partial charge in [0.15, 0.2) is 0 Å². The summed E-state index contributed by atoms with van der Waals surface area (Å²) in [5.74, 6) is 1.49. The van der Waals surface area contributed by atoms with Crippen LogP contribution in [0.2, 0.25) is 0 Å². The predicted octanol–water partition coefficient (Wildman–Crippen LogP) is 4.54. The third-order valence-electron chi connectivity index (χ3n) is 5.79. The monoisotopic (exact) mass is 400 g/mol. The number of hydrogen-bond acceptors (Lipinski definition) is 4. The van der Waals surface area contributed by atoms with E-state index in [9.17, 15) is 4.79 Å². The van der Waals surface area contributed by atoms with Crippen LogP contribution in [0.3, 0.4) is 0 Å². The lowest BCUT2D eigenvalue weighted by atomic mass is 10.0. The van der Waals surface area contributed by atoms with Crippen molar-refractivity contribution in [3.8, 4) is 11.3 Å². The van der Waals surface area contributed by atoms with Crippen molar-refractivity contribution in [3.63, 3.8) is 0 Å². The first-order valence-corrected chi connectivity index (χ1v) is 10.5. The van der Waals surface area contributed by atoms with Crippen molar-refractivity contribution in [1.29, 1.82) is 0 Å². The number of aryl methyl sites for hydroxylation is 1. The zero-order valence-electron chi connectivity index (χ0n) is 17.9. The Bertz CT molecular complexity index is 1020. The van der Waals surface area contributed by atoms with Crippen LogP contribution in [-0.4, -0.2) is 47.0 Å². The second-order valence-electron chi connectivity index (χ2n) is 8.13. The first-order valence-electron chi connectivity index (χ1n) is 10.5. The van der Waals surface area contributed by atoms with Gasteiger partial charge in [-0.25, -0.2) is 9.97 Å². The molecule has 0 saturated carbocycles. The molecule has 154 valence electrons. The first-order chi connectivity index (χ1) is 14.5. The van der Waals surface area contributed by atoms with Crippen molar-refractivity contribution in [2.75, 3.05) is 31.1 Å². The summed E-state index contributed by atoms with van der Waals surface area (Å²) in [6.07, 6.45) is 1.63. The molecule has 2 aromatic carbocycles. The summed E-state index contributed by atoms with van der Waals surface area (Å²) < 4.78 is 0. The van der Waals surface area contributed by atoms with Gasteiger partial charge in [0.2, 0.25) is 0 Å². The van der Waals surface area contributed by atoms with Crippen LogP contribution < -0.4 is 4.90 Å². The highest BCUT2D eigenvalue weighted by molar-refractivity contribution is 5.94. The molecule has 5 heteroatoms. The minimum atomic E-state index is 0.105. The van der Waals surface area contributed by atoms with Crippen LogP contribution in [0.15, 0.2) is 60.9 Å². The van der Waals surface area contributed by atoms with E-state index in [1.165, 1.54) is 11.1 Å². The maximum absolute atomic E-state index is 12.9. The standard InChI is InChI=1S/C25H28N4O/c1-18(2)20-8-10-21(11-9-20)25(30)29-14-12-28(13-15-29)24-16-23(26-17-27-24)22-7-5-4-6-19(22)3/h4-11,16-18H,12-15H2,1-3H3. The highest BCUT2D eigenvalue weighted by Gasteiger charge is 2.23. The van der Waals surface area contributed by atoms with Gasteiger partial charge >= 0.3 is 0 Å². The lowest BCUT2D eigenvalue weighted by Gasteiger charge is -2.35. The number of anilines is 1. The molecule has 3 aromatic rings.